The molecule has 2 aromatic carbocycles. The van der Waals surface area contributed by atoms with Crippen LogP contribution in [0.4, 0.5) is 0 Å². The fourth-order valence-corrected chi connectivity index (χ4v) is 4.53. The predicted molar refractivity (Wildman–Crippen MR) is 115 cm³/mol. The van der Waals surface area contributed by atoms with E-state index < -0.39 is 22.0 Å². The number of cyclic esters (lactones) is 1. The molecule has 1 heterocycles. The molecular weight excluding hydrogens is 420 g/mol. The number of benzene rings is 2. The van der Waals surface area contributed by atoms with Crippen molar-refractivity contribution in [1.29, 1.82) is 0 Å². The van der Waals surface area contributed by atoms with Crippen molar-refractivity contribution < 1.29 is 27.5 Å². The molecule has 162 valence electrons. The first-order valence-corrected chi connectivity index (χ1v) is 11.1. The van der Waals surface area contributed by atoms with E-state index in [-0.39, 0.29) is 16.5 Å². The van der Waals surface area contributed by atoms with Crippen molar-refractivity contribution in [1.82, 2.24) is 4.31 Å². The van der Waals surface area contributed by atoms with Crippen LogP contribution < -0.4 is 0 Å². The van der Waals surface area contributed by atoms with Crippen molar-refractivity contribution in [2.75, 3.05) is 20.2 Å². The van der Waals surface area contributed by atoms with Gasteiger partial charge in [-0.3, -0.25) is 0 Å². The molecule has 31 heavy (non-hydrogen) atoms. The number of nitrogens with zero attached hydrogens (tertiary/aromatic N) is 2. The van der Waals surface area contributed by atoms with Crippen LogP contribution in [0.25, 0.3) is 6.08 Å². The number of hydrogen-bond acceptors (Lipinski definition) is 7. The number of carbonyl (C=O) groups is 2. The maximum Gasteiger partial charge on any atom is 0.363 e. The number of hydrogen-bond donors (Lipinski definition) is 0. The van der Waals surface area contributed by atoms with E-state index in [1.165, 1.54) is 29.6 Å². The molecule has 1 aliphatic rings. The van der Waals surface area contributed by atoms with Gasteiger partial charge < -0.3 is 9.47 Å². The Hall–Kier alpha value is -3.30. The lowest BCUT2D eigenvalue weighted by molar-refractivity contribution is -0.129. The van der Waals surface area contributed by atoms with E-state index in [4.69, 9.17) is 4.74 Å². The third-order valence-electron chi connectivity index (χ3n) is 4.68. The van der Waals surface area contributed by atoms with Gasteiger partial charge in [-0.25, -0.2) is 23.0 Å². The predicted octanol–water partition coefficient (Wildman–Crippen LogP) is 2.85. The van der Waals surface area contributed by atoms with Gasteiger partial charge in [0.15, 0.2) is 5.70 Å². The number of aliphatic imine (C=N–C) groups is 1. The first kappa shape index (κ1) is 22.4. The standard InChI is InChI=1S/C22H22N2O6S/c1-4-24(5-2)31(27,28)18-8-6-7-17(14-18)20-23-19(22(26)30-20)13-15-9-11-16(12-10-15)21(25)29-3/h6-14H,4-5H2,1-3H3/b19-13-. The lowest BCUT2D eigenvalue weighted by Gasteiger charge is -2.18. The van der Waals surface area contributed by atoms with Gasteiger partial charge in [-0.05, 0) is 42.0 Å². The van der Waals surface area contributed by atoms with E-state index >= 15 is 0 Å². The average molecular weight is 442 g/mol. The summed E-state index contributed by atoms with van der Waals surface area (Å²) in [5.74, 6) is -1.08. The third-order valence-corrected chi connectivity index (χ3v) is 6.73. The molecule has 0 aromatic heterocycles. The minimum Gasteiger partial charge on any atom is -0.465 e. The highest BCUT2D eigenvalue weighted by atomic mass is 32.2. The second kappa shape index (κ2) is 9.23. The molecule has 0 fully saturated rings. The largest absolute Gasteiger partial charge is 0.465 e. The molecule has 8 nitrogen and oxygen atoms in total. The van der Waals surface area contributed by atoms with E-state index in [1.807, 2.05) is 0 Å². The van der Waals surface area contributed by atoms with Crippen LogP contribution >= 0.6 is 0 Å². The molecule has 0 bridgehead atoms. The minimum absolute atomic E-state index is 0.0269. The molecule has 0 atom stereocenters. The number of ether oxygens (including phenoxy) is 2. The molecule has 0 unspecified atom stereocenters. The van der Waals surface area contributed by atoms with Gasteiger partial charge in [0.05, 0.1) is 17.6 Å². The average Bonchev–Trinajstić information content (AvgIpc) is 3.14. The van der Waals surface area contributed by atoms with Gasteiger partial charge in [-0.1, -0.05) is 32.0 Å². The molecule has 0 amide bonds. The normalized spacial score (nSPS) is 15.2. The molecule has 0 spiro atoms. The summed E-state index contributed by atoms with van der Waals surface area (Å²) in [4.78, 5) is 28.1. The topological polar surface area (TPSA) is 102 Å². The van der Waals surface area contributed by atoms with Gasteiger partial charge in [0.1, 0.15) is 0 Å². The maximum absolute atomic E-state index is 12.8. The molecule has 0 radical (unpaired) electrons. The Kier molecular flexibility index (Phi) is 6.67. The molecule has 0 saturated heterocycles. The summed E-state index contributed by atoms with van der Waals surface area (Å²) >= 11 is 0. The maximum atomic E-state index is 12.8. The first-order chi connectivity index (χ1) is 14.8. The zero-order valence-electron chi connectivity index (χ0n) is 17.4. The molecule has 0 aliphatic carbocycles. The lowest BCUT2D eigenvalue weighted by Crippen LogP contribution is -2.30. The fraction of sp³-hybridized carbons (Fsp3) is 0.227. The van der Waals surface area contributed by atoms with Gasteiger partial charge in [0.25, 0.3) is 0 Å². The van der Waals surface area contributed by atoms with Gasteiger partial charge in [0, 0.05) is 18.7 Å². The molecule has 9 heteroatoms. The van der Waals surface area contributed by atoms with Gasteiger partial charge >= 0.3 is 11.9 Å². The Balaban J connectivity index is 1.90. The Morgan fingerprint density at radius 1 is 1.13 bits per heavy atom. The van der Waals surface area contributed by atoms with Crippen LogP contribution in [-0.2, 0) is 24.3 Å². The van der Waals surface area contributed by atoms with Gasteiger partial charge in [-0.2, -0.15) is 4.31 Å². The van der Waals surface area contributed by atoms with Crippen molar-refractivity contribution in [3.63, 3.8) is 0 Å². The van der Waals surface area contributed by atoms with Crippen molar-refractivity contribution in [2.24, 2.45) is 4.99 Å². The smallest absolute Gasteiger partial charge is 0.363 e. The summed E-state index contributed by atoms with van der Waals surface area (Å²) in [6.07, 6.45) is 1.52. The number of sulfonamides is 1. The van der Waals surface area contributed by atoms with E-state index in [1.54, 1.807) is 50.2 Å². The zero-order valence-corrected chi connectivity index (χ0v) is 18.2. The summed E-state index contributed by atoms with van der Waals surface area (Å²) in [5.41, 5.74) is 1.47. The molecule has 0 N–H and O–H groups in total. The van der Waals surface area contributed by atoms with Crippen LogP contribution in [0, 0.1) is 0 Å². The minimum atomic E-state index is -3.66. The fourth-order valence-electron chi connectivity index (χ4n) is 3.03. The van der Waals surface area contributed by atoms with E-state index in [9.17, 15) is 18.0 Å². The van der Waals surface area contributed by atoms with Crippen LogP contribution in [0.15, 0.2) is 64.1 Å². The van der Waals surface area contributed by atoms with Crippen molar-refractivity contribution in [3.05, 3.63) is 70.9 Å². The van der Waals surface area contributed by atoms with Gasteiger partial charge in [0.2, 0.25) is 15.9 Å². The number of rotatable bonds is 7. The van der Waals surface area contributed by atoms with Crippen LogP contribution in [0.5, 0.6) is 0 Å². The second-order valence-electron chi connectivity index (χ2n) is 6.57. The van der Waals surface area contributed by atoms with Crippen LogP contribution in [-0.4, -0.2) is 50.8 Å². The lowest BCUT2D eigenvalue weighted by atomic mass is 10.1. The zero-order chi connectivity index (χ0) is 22.6. The van der Waals surface area contributed by atoms with Crippen molar-refractivity contribution in [2.45, 2.75) is 18.7 Å². The molecule has 2 aromatic rings. The highest BCUT2D eigenvalue weighted by Gasteiger charge is 2.27. The van der Waals surface area contributed by atoms with Crippen molar-refractivity contribution in [3.8, 4) is 0 Å². The monoisotopic (exact) mass is 442 g/mol. The molecule has 1 aliphatic heterocycles. The summed E-state index contributed by atoms with van der Waals surface area (Å²) in [5, 5.41) is 0. The molecule has 0 saturated carbocycles. The van der Waals surface area contributed by atoms with Crippen LogP contribution in [0.2, 0.25) is 0 Å². The second-order valence-corrected chi connectivity index (χ2v) is 8.50. The Morgan fingerprint density at radius 3 is 2.42 bits per heavy atom. The highest BCUT2D eigenvalue weighted by molar-refractivity contribution is 7.89. The molecule has 3 rings (SSSR count). The van der Waals surface area contributed by atoms with E-state index in [2.05, 4.69) is 9.73 Å². The summed E-state index contributed by atoms with van der Waals surface area (Å²) < 4.78 is 36.8. The SMILES string of the molecule is CCN(CC)S(=O)(=O)c1cccc(C2=N/C(=C\c3ccc(C(=O)OC)cc3)C(=O)O2)c1. The van der Waals surface area contributed by atoms with Crippen LogP contribution in [0.3, 0.4) is 0 Å². The number of methoxy groups -OCH3 is 1. The summed E-state index contributed by atoms with van der Waals surface area (Å²) in [7, 11) is -2.36. The number of esters is 2. The Morgan fingerprint density at radius 2 is 1.81 bits per heavy atom. The molecular formula is C22H22N2O6S. The summed E-state index contributed by atoms with van der Waals surface area (Å²) in [6.45, 7) is 4.23. The first-order valence-electron chi connectivity index (χ1n) is 9.61. The number of carbonyl (C=O) groups excluding carboxylic acids is 2. The van der Waals surface area contributed by atoms with E-state index in [0.29, 0.717) is 29.8 Å². The quantitative estimate of drug-likeness (QED) is 0.483. The van der Waals surface area contributed by atoms with E-state index in [0.717, 1.165) is 0 Å². The van der Waals surface area contributed by atoms with Gasteiger partial charge in [-0.15, -0.1) is 0 Å². The van der Waals surface area contributed by atoms with Crippen LogP contribution in [0.1, 0.15) is 35.3 Å². The third kappa shape index (κ3) is 4.73. The summed E-state index contributed by atoms with van der Waals surface area (Å²) in [6, 6.07) is 12.6. The Bertz CT molecular complexity index is 1160. The van der Waals surface area contributed by atoms with Crippen molar-refractivity contribution >= 4 is 33.9 Å². The highest BCUT2D eigenvalue weighted by Crippen LogP contribution is 2.22. The Labute approximate surface area is 180 Å².